The fourth-order valence-electron chi connectivity index (χ4n) is 2.39. The molecule has 1 aromatic heterocycles. The van der Waals surface area contributed by atoms with Crippen LogP contribution in [0.4, 0.5) is 0 Å². The Balaban J connectivity index is 2.33. The van der Waals surface area contributed by atoms with Crippen LogP contribution in [0.3, 0.4) is 0 Å². The van der Waals surface area contributed by atoms with Gasteiger partial charge in [-0.2, -0.15) is 0 Å². The van der Waals surface area contributed by atoms with Crippen LogP contribution in [0.1, 0.15) is 30.8 Å². The van der Waals surface area contributed by atoms with E-state index in [-0.39, 0.29) is 24.8 Å². The number of fused-ring (bicyclic) bond motifs is 1. The molecule has 1 heterocycles. The molecule has 0 saturated heterocycles. The average molecular weight is 300 g/mol. The first-order chi connectivity index (χ1) is 10.5. The van der Waals surface area contributed by atoms with Crippen molar-refractivity contribution in [2.45, 2.75) is 20.3 Å². The summed E-state index contributed by atoms with van der Waals surface area (Å²) in [6.45, 7) is 4.70. The summed E-state index contributed by atoms with van der Waals surface area (Å²) in [5.74, 6) is -0.869. The maximum absolute atomic E-state index is 12.8. The second-order valence-corrected chi connectivity index (χ2v) is 5.67. The van der Waals surface area contributed by atoms with Crippen LogP contribution < -0.4 is 0 Å². The Kier molecular flexibility index (Phi) is 5.09. The van der Waals surface area contributed by atoms with Crippen molar-refractivity contribution in [1.29, 1.82) is 0 Å². The molecule has 2 aromatic rings. The molecule has 0 aliphatic rings. The summed E-state index contributed by atoms with van der Waals surface area (Å²) in [5.41, 5.74) is 0.379. The van der Waals surface area contributed by atoms with Crippen LogP contribution in [0.25, 0.3) is 10.8 Å². The number of pyridine rings is 1. The summed E-state index contributed by atoms with van der Waals surface area (Å²) in [4.78, 5) is 29.4. The molecule has 5 heteroatoms. The zero-order valence-corrected chi connectivity index (χ0v) is 12.8. The molecule has 22 heavy (non-hydrogen) atoms. The van der Waals surface area contributed by atoms with Crippen molar-refractivity contribution in [3.8, 4) is 0 Å². The molecule has 0 aliphatic heterocycles. The van der Waals surface area contributed by atoms with Gasteiger partial charge in [0.1, 0.15) is 5.69 Å². The number of nitrogens with zero attached hydrogens (tertiary/aromatic N) is 2. The highest BCUT2D eigenvalue weighted by molar-refractivity contribution is 6.05. The number of rotatable bonds is 6. The Morgan fingerprint density at radius 1 is 1.23 bits per heavy atom. The molecule has 1 amide bonds. The third-order valence-corrected chi connectivity index (χ3v) is 3.34. The van der Waals surface area contributed by atoms with E-state index in [9.17, 15) is 9.59 Å². The van der Waals surface area contributed by atoms with Crippen LogP contribution >= 0.6 is 0 Å². The molecule has 5 nitrogen and oxygen atoms in total. The van der Waals surface area contributed by atoms with Crippen LogP contribution in [0.5, 0.6) is 0 Å². The molecule has 0 aliphatic carbocycles. The summed E-state index contributed by atoms with van der Waals surface area (Å²) < 4.78 is 0. The van der Waals surface area contributed by atoms with E-state index in [2.05, 4.69) is 4.98 Å². The van der Waals surface area contributed by atoms with Gasteiger partial charge in [0.15, 0.2) is 0 Å². The Morgan fingerprint density at radius 2 is 1.95 bits per heavy atom. The topological polar surface area (TPSA) is 70.5 Å². The molecule has 0 unspecified atom stereocenters. The van der Waals surface area contributed by atoms with Gasteiger partial charge in [-0.15, -0.1) is 0 Å². The first kappa shape index (κ1) is 15.9. The van der Waals surface area contributed by atoms with Gasteiger partial charge >= 0.3 is 5.97 Å². The zero-order valence-electron chi connectivity index (χ0n) is 12.8. The van der Waals surface area contributed by atoms with Crippen molar-refractivity contribution in [3.05, 3.63) is 42.2 Å². The van der Waals surface area contributed by atoms with Crippen molar-refractivity contribution in [1.82, 2.24) is 9.88 Å². The van der Waals surface area contributed by atoms with Gasteiger partial charge in [-0.25, -0.2) is 0 Å². The number of aromatic nitrogens is 1. The predicted molar refractivity (Wildman–Crippen MR) is 84.7 cm³/mol. The highest BCUT2D eigenvalue weighted by Crippen LogP contribution is 2.18. The maximum Gasteiger partial charge on any atom is 0.305 e. The smallest absolute Gasteiger partial charge is 0.305 e. The fraction of sp³-hybridized carbons (Fsp3) is 0.353. The molecule has 0 spiro atoms. The zero-order chi connectivity index (χ0) is 16.1. The Bertz CT molecular complexity index is 677. The monoisotopic (exact) mass is 300 g/mol. The van der Waals surface area contributed by atoms with Crippen LogP contribution in [0, 0.1) is 5.92 Å². The maximum atomic E-state index is 12.8. The van der Waals surface area contributed by atoms with E-state index >= 15 is 0 Å². The number of carboxylic acid groups (broad SMARTS) is 1. The van der Waals surface area contributed by atoms with Gasteiger partial charge in [-0.1, -0.05) is 38.1 Å². The lowest BCUT2D eigenvalue weighted by Crippen LogP contribution is -2.36. The van der Waals surface area contributed by atoms with Gasteiger partial charge in [0.2, 0.25) is 0 Å². The summed E-state index contributed by atoms with van der Waals surface area (Å²) in [7, 11) is 0. The van der Waals surface area contributed by atoms with E-state index in [1.807, 2.05) is 44.2 Å². The van der Waals surface area contributed by atoms with E-state index < -0.39 is 5.97 Å². The molecule has 0 atom stereocenters. The van der Waals surface area contributed by atoms with Gasteiger partial charge in [0.25, 0.3) is 5.91 Å². The molecule has 1 aromatic carbocycles. The molecule has 1 N–H and O–H groups in total. The molecule has 2 rings (SSSR count). The first-order valence-electron chi connectivity index (χ1n) is 7.34. The van der Waals surface area contributed by atoms with Crippen molar-refractivity contribution < 1.29 is 14.7 Å². The molecule has 0 saturated carbocycles. The average Bonchev–Trinajstić information content (AvgIpc) is 2.49. The number of benzene rings is 1. The largest absolute Gasteiger partial charge is 0.481 e. The van der Waals surface area contributed by atoms with Crippen LogP contribution in [0.15, 0.2) is 36.5 Å². The van der Waals surface area contributed by atoms with Crippen LogP contribution in [-0.4, -0.2) is 40.0 Å². The van der Waals surface area contributed by atoms with E-state index in [0.717, 1.165) is 10.8 Å². The van der Waals surface area contributed by atoms with Crippen molar-refractivity contribution in [3.63, 3.8) is 0 Å². The van der Waals surface area contributed by atoms with Crippen molar-refractivity contribution in [2.75, 3.05) is 13.1 Å². The SMILES string of the molecule is CC(C)CN(CCC(=O)O)C(=O)c1nccc2ccccc12. The predicted octanol–water partition coefficient (Wildman–Crippen LogP) is 2.81. The summed E-state index contributed by atoms with van der Waals surface area (Å²) in [6, 6.07) is 9.42. The van der Waals surface area contributed by atoms with Gasteiger partial charge in [-0.05, 0) is 17.4 Å². The molecule has 0 fully saturated rings. The number of amides is 1. The molecule has 116 valence electrons. The summed E-state index contributed by atoms with van der Waals surface area (Å²) >= 11 is 0. The molecular formula is C17H20N2O3. The third-order valence-electron chi connectivity index (χ3n) is 3.34. The highest BCUT2D eigenvalue weighted by atomic mass is 16.4. The second-order valence-electron chi connectivity index (χ2n) is 5.67. The number of hydrogen-bond donors (Lipinski definition) is 1. The standard InChI is InChI=1S/C17H20N2O3/c1-12(2)11-19(10-8-15(20)21)17(22)16-14-6-4-3-5-13(14)7-9-18-16/h3-7,9,12H,8,10-11H2,1-2H3,(H,20,21). The van der Waals surface area contributed by atoms with Gasteiger partial charge in [0, 0.05) is 24.7 Å². The lowest BCUT2D eigenvalue weighted by atomic mass is 10.1. The van der Waals surface area contributed by atoms with Crippen molar-refractivity contribution in [2.24, 2.45) is 5.92 Å². The van der Waals surface area contributed by atoms with Crippen molar-refractivity contribution >= 4 is 22.6 Å². The quantitative estimate of drug-likeness (QED) is 0.890. The number of carbonyl (C=O) groups excluding carboxylic acids is 1. The van der Waals surface area contributed by atoms with E-state index in [1.54, 1.807) is 11.1 Å². The second kappa shape index (κ2) is 7.02. The van der Waals surface area contributed by atoms with Crippen LogP contribution in [0.2, 0.25) is 0 Å². The number of carbonyl (C=O) groups is 2. The normalized spacial score (nSPS) is 10.9. The molecule has 0 bridgehead atoms. The molecular weight excluding hydrogens is 280 g/mol. The Hall–Kier alpha value is -2.43. The minimum Gasteiger partial charge on any atom is -0.481 e. The number of hydrogen-bond acceptors (Lipinski definition) is 3. The Morgan fingerprint density at radius 3 is 2.64 bits per heavy atom. The summed E-state index contributed by atoms with van der Waals surface area (Å²) in [5, 5.41) is 10.6. The lowest BCUT2D eigenvalue weighted by molar-refractivity contribution is -0.137. The first-order valence-corrected chi connectivity index (χ1v) is 7.34. The Labute approximate surface area is 129 Å². The minimum atomic E-state index is -0.910. The minimum absolute atomic E-state index is 0.0662. The van der Waals surface area contributed by atoms with Crippen LogP contribution in [-0.2, 0) is 4.79 Å². The highest BCUT2D eigenvalue weighted by Gasteiger charge is 2.20. The fourth-order valence-corrected chi connectivity index (χ4v) is 2.39. The van der Waals surface area contributed by atoms with E-state index in [0.29, 0.717) is 12.2 Å². The van der Waals surface area contributed by atoms with E-state index in [4.69, 9.17) is 5.11 Å². The van der Waals surface area contributed by atoms with Gasteiger partial charge in [0.05, 0.1) is 6.42 Å². The van der Waals surface area contributed by atoms with Gasteiger partial charge in [-0.3, -0.25) is 14.6 Å². The number of aliphatic carboxylic acids is 1. The third kappa shape index (κ3) is 3.81. The lowest BCUT2D eigenvalue weighted by Gasteiger charge is -2.24. The van der Waals surface area contributed by atoms with Gasteiger partial charge < -0.3 is 10.0 Å². The summed E-state index contributed by atoms with van der Waals surface area (Å²) in [6.07, 6.45) is 1.55. The molecule has 0 radical (unpaired) electrons. The number of carboxylic acids is 1. The van der Waals surface area contributed by atoms with E-state index in [1.165, 1.54) is 0 Å².